The van der Waals surface area contributed by atoms with Crippen LogP contribution in [0.15, 0.2) is 59.4 Å². The van der Waals surface area contributed by atoms with Gasteiger partial charge in [-0.25, -0.2) is 4.98 Å². The summed E-state index contributed by atoms with van der Waals surface area (Å²) in [7, 11) is 1.59. The van der Waals surface area contributed by atoms with Gasteiger partial charge in [-0.3, -0.25) is 15.0 Å². The molecule has 2 aromatic carbocycles. The summed E-state index contributed by atoms with van der Waals surface area (Å²) in [5.74, 6) is 0.698. The largest absolute Gasteiger partial charge is 0.497 e. The van der Waals surface area contributed by atoms with E-state index >= 15 is 0 Å². The van der Waals surface area contributed by atoms with Gasteiger partial charge in [0, 0.05) is 11.1 Å². The van der Waals surface area contributed by atoms with Gasteiger partial charge < -0.3 is 4.74 Å². The van der Waals surface area contributed by atoms with Gasteiger partial charge in [-0.1, -0.05) is 42.5 Å². The standard InChI is InChI=1S/C20H14N4O2/c1-26-14-9-7-12(8-10-14)16-15(11-21)18(13-5-3-2-4-6-13)22-19-17(16)20(25)24-23-19/h2-10H,1H3,(H2,22,23,24,25). The van der Waals surface area contributed by atoms with Crippen molar-refractivity contribution in [1.82, 2.24) is 15.2 Å². The molecule has 6 nitrogen and oxygen atoms in total. The Balaban J connectivity index is 2.11. The first kappa shape index (κ1) is 15.7. The number of aromatic nitrogens is 3. The summed E-state index contributed by atoms with van der Waals surface area (Å²) in [6, 6.07) is 18.9. The predicted octanol–water partition coefficient (Wildman–Crippen LogP) is 3.47. The molecular weight excluding hydrogens is 328 g/mol. The number of aromatic amines is 2. The van der Waals surface area contributed by atoms with Crippen molar-refractivity contribution in [2.45, 2.75) is 0 Å². The van der Waals surface area contributed by atoms with Gasteiger partial charge >= 0.3 is 0 Å². The van der Waals surface area contributed by atoms with Crippen molar-refractivity contribution in [3.8, 4) is 34.2 Å². The average Bonchev–Trinajstić information content (AvgIpc) is 3.08. The fourth-order valence-electron chi connectivity index (χ4n) is 3.04. The third-order valence-corrected chi connectivity index (χ3v) is 4.26. The van der Waals surface area contributed by atoms with E-state index in [1.807, 2.05) is 42.5 Å². The van der Waals surface area contributed by atoms with Crippen LogP contribution >= 0.6 is 0 Å². The summed E-state index contributed by atoms with van der Waals surface area (Å²) in [6.07, 6.45) is 0. The molecule has 2 N–H and O–H groups in total. The highest BCUT2D eigenvalue weighted by Crippen LogP contribution is 2.35. The van der Waals surface area contributed by atoms with Crippen LogP contribution < -0.4 is 10.3 Å². The SMILES string of the molecule is COc1ccc(-c2c(C#N)c(-c3ccccc3)nc3[nH][nH]c(=O)c23)cc1. The molecule has 0 unspecified atom stereocenters. The second-order valence-corrected chi connectivity index (χ2v) is 5.72. The minimum Gasteiger partial charge on any atom is -0.497 e. The molecule has 6 heteroatoms. The highest BCUT2D eigenvalue weighted by molar-refractivity contribution is 5.98. The fourth-order valence-corrected chi connectivity index (χ4v) is 3.04. The molecule has 0 radical (unpaired) electrons. The van der Waals surface area contributed by atoms with Gasteiger partial charge in [-0.15, -0.1) is 0 Å². The Morgan fingerprint density at radius 1 is 1.00 bits per heavy atom. The van der Waals surface area contributed by atoms with E-state index in [1.165, 1.54) is 0 Å². The Kier molecular flexibility index (Phi) is 3.75. The van der Waals surface area contributed by atoms with Crippen molar-refractivity contribution in [3.05, 3.63) is 70.5 Å². The van der Waals surface area contributed by atoms with E-state index in [-0.39, 0.29) is 5.56 Å². The van der Waals surface area contributed by atoms with Crippen LogP contribution in [0.2, 0.25) is 0 Å². The lowest BCUT2D eigenvalue weighted by Gasteiger charge is -2.11. The maximum atomic E-state index is 12.4. The number of nitrogens with one attached hydrogen (secondary N) is 2. The number of ether oxygens (including phenoxy) is 1. The predicted molar refractivity (Wildman–Crippen MR) is 98.9 cm³/mol. The number of pyridine rings is 1. The second kappa shape index (κ2) is 6.22. The lowest BCUT2D eigenvalue weighted by molar-refractivity contribution is 0.415. The Hall–Kier alpha value is -3.85. The number of fused-ring (bicyclic) bond motifs is 1. The molecule has 0 aliphatic rings. The molecule has 0 aliphatic carbocycles. The molecular formula is C20H14N4O2. The molecule has 0 saturated heterocycles. The molecule has 0 bridgehead atoms. The topological polar surface area (TPSA) is 94.6 Å². The highest BCUT2D eigenvalue weighted by atomic mass is 16.5. The van der Waals surface area contributed by atoms with Crippen LogP contribution in [-0.2, 0) is 0 Å². The van der Waals surface area contributed by atoms with Gasteiger partial charge in [0.1, 0.15) is 11.8 Å². The van der Waals surface area contributed by atoms with Crippen LogP contribution in [0.4, 0.5) is 0 Å². The molecule has 0 amide bonds. The number of hydrogen-bond donors (Lipinski definition) is 2. The van der Waals surface area contributed by atoms with Crippen molar-refractivity contribution in [2.24, 2.45) is 0 Å². The zero-order valence-electron chi connectivity index (χ0n) is 13.9. The maximum Gasteiger partial charge on any atom is 0.274 e. The number of rotatable bonds is 3. The first-order valence-corrected chi connectivity index (χ1v) is 7.97. The van der Waals surface area contributed by atoms with Crippen molar-refractivity contribution >= 4 is 11.0 Å². The van der Waals surface area contributed by atoms with Gasteiger partial charge in [-0.05, 0) is 17.7 Å². The Labute approximate surface area is 148 Å². The molecule has 26 heavy (non-hydrogen) atoms. The summed E-state index contributed by atoms with van der Waals surface area (Å²) in [6.45, 7) is 0. The van der Waals surface area contributed by atoms with Crippen LogP contribution in [0, 0.1) is 11.3 Å². The highest BCUT2D eigenvalue weighted by Gasteiger charge is 2.21. The van der Waals surface area contributed by atoms with E-state index in [0.29, 0.717) is 33.6 Å². The summed E-state index contributed by atoms with van der Waals surface area (Å²) in [4.78, 5) is 16.9. The third kappa shape index (κ3) is 2.43. The summed E-state index contributed by atoms with van der Waals surface area (Å²) in [5.41, 5.74) is 3.11. The maximum absolute atomic E-state index is 12.4. The van der Waals surface area contributed by atoms with Crippen molar-refractivity contribution in [1.29, 1.82) is 5.26 Å². The number of benzene rings is 2. The van der Waals surface area contributed by atoms with Gasteiger partial charge in [0.15, 0.2) is 5.65 Å². The van der Waals surface area contributed by atoms with Crippen molar-refractivity contribution in [3.63, 3.8) is 0 Å². The molecule has 4 aromatic rings. The van der Waals surface area contributed by atoms with Crippen LogP contribution in [0.25, 0.3) is 33.4 Å². The molecule has 2 aromatic heterocycles. The molecule has 126 valence electrons. The molecule has 0 atom stereocenters. The molecule has 2 heterocycles. The van der Waals surface area contributed by atoms with E-state index < -0.39 is 0 Å². The van der Waals surface area contributed by atoms with E-state index in [9.17, 15) is 10.1 Å². The number of hydrogen-bond acceptors (Lipinski definition) is 4. The lowest BCUT2D eigenvalue weighted by atomic mass is 9.94. The number of methoxy groups -OCH3 is 1. The zero-order valence-corrected chi connectivity index (χ0v) is 13.9. The number of H-pyrrole nitrogens is 2. The van der Waals surface area contributed by atoms with E-state index in [0.717, 1.165) is 11.1 Å². The number of nitriles is 1. The van der Waals surface area contributed by atoms with E-state index in [1.54, 1.807) is 19.2 Å². The molecule has 0 spiro atoms. The van der Waals surface area contributed by atoms with Crippen LogP contribution in [-0.4, -0.2) is 22.3 Å². The van der Waals surface area contributed by atoms with Gasteiger partial charge in [0.05, 0.1) is 23.8 Å². The van der Waals surface area contributed by atoms with E-state index in [2.05, 4.69) is 21.3 Å². The summed E-state index contributed by atoms with van der Waals surface area (Å²) >= 11 is 0. The molecule has 0 fully saturated rings. The first-order valence-electron chi connectivity index (χ1n) is 7.97. The number of nitrogens with zero attached hydrogens (tertiary/aromatic N) is 2. The Bertz CT molecular complexity index is 1180. The van der Waals surface area contributed by atoms with Gasteiger partial charge in [-0.2, -0.15) is 5.26 Å². The van der Waals surface area contributed by atoms with Crippen molar-refractivity contribution < 1.29 is 4.74 Å². The summed E-state index contributed by atoms with van der Waals surface area (Å²) < 4.78 is 5.20. The van der Waals surface area contributed by atoms with Crippen molar-refractivity contribution in [2.75, 3.05) is 7.11 Å². The molecule has 0 aliphatic heterocycles. The molecule has 0 saturated carbocycles. The first-order chi connectivity index (χ1) is 12.7. The van der Waals surface area contributed by atoms with Crippen LogP contribution in [0.3, 0.4) is 0 Å². The smallest absolute Gasteiger partial charge is 0.274 e. The molecule has 4 rings (SSSR count). The van der Waals surface area contributed by atoms with Crippen LogP contribution in [0.1, 0.15) is 5.56 Å². The fraction of sp³-hybridized carbons (Fsp3) is 0.0500. The van der Waals surface area contributed by atoms with Gasteiger partial charge in [0.25, 0.3) is 5.56 Å². The third-order valence-electron chi connectivity index (χ3n) is 4.26. The summed E-state index contributed by atoms with van der Waals surface area (Å²) in [5, 5.41) is 15.6. The normalized spacial score (nSPS) is 10.6. The zero-order chi connectivity index (χ0) is 18.1. The monoisotopic (exact) mass is 342 g/mol. The lowest BCUT2D eigenvalue weighted by Crippen LogP contribution is -2.03. The second-order valence-electron chi connectivity index (χ2n) is 5.72. The Morgan fingerprint density at radius 2 is 1.73 bits per heavy atom. The quantitative estimate of drug-likeness (QED) is 0.596. The minimum absolute atomic E-state index is 0.311. The van der Waals surface area contributed by atoms with Crippen LogP contribution in [0.5, 0.6) is 5.75 Å². The van der Waals surface area contributed by atoms with Gasteiger partial charge in [0.2, 0.25) is 0 Å². The minimum atomic E-state index is -0.311. The average molecular weight is 342 g/mol. The van der Waals surface area contributed by atoms with E-state index in [4.69, 9.17) is 4.74 Å². The Morgan fingerprint density at radius 3 is 2.38 bits per heavy atom.